The highest BCUT2D eigenvalue weighted by atomic mass is 19.3. The van der Waals surface area contributed by atoms with Crippen LogP contribution >= 0.6 is 0 Å². The highest BCUT2D eigenvalue weighted by molar-refractivity contribution is 5.85. The minimum Gasteiger partial charge on any atom is -0.481 e. The third-order valence-corrected chi connectivity index (χ3v) is 6.04. The van der Waals surface area contributed by atoms with Gasteiger partial charge in [-0.3, -0.25) is 9.59 Å². The number of hydrogen-bond donors (Lipinski definition) is 3. The third-order valence-electron chi connectivity index (χ3n) is 6.04. The molecule has 4 rings (SSSR count). The maximum atomic E-state index is 13.4. The zero-order valence-electron chi connectivity index (χ0n) is 17.2. The van der Waals surface area contributed by atoms with Crippen LogP contribution in [0, 0.1) is 11.8 Å². The van der Waals surface area contributed by atoms with Crippen molar-refractivity contribution in [1.29, 1.82) is 0 Å². The van der Waals surface area contributed by atoms with Crippen molar-refractivity contribution in [2.24, 2.45) is 11.8 Å². The number of alkyl carbamates (subject to hydrolysis) is 1. The number of halogens is 2. The van der Waals surface area contributed by atoms with Crippen molar-refractivity contribution in [1.82, 2.24) is 10.6 Å². The zero-order chi connectivity index (χ0) is 23.0. The molecular formula is C23H22F2N2O5. The van der Waals surface area contributed by atoms with E-state index < -0.39 is 48.3 Å². The lowest BCUT2D eigenvalue weighted by molar-refractivity contribution is -0.141. The Kier molecular flexibility index (Phi) is 5.58. The number of carbonyl (C=O) groups is 3. The molecule has 0 bridgehead atoms. The van der Waals surface area contributed by atoms with Gasteiger partial charge in [0.25, 0.3) is 5.92 Å². The van der Waals surface area contributed by atoms with Gasteiger partial charge in [0, 0.05) is 12.5 Å². The molecule has 2 aromatic rings. The summed E-state index contributed by atoms with van der Waals surface area (Å²) in [6.45, 7) is 0.971. The van der Waals surface area contributed by atoms with Gasteiger partial charge in [0.15, 0.2) is 0 Å². The number of amides is 2. The number of carbonyl (C=O) groups excluding carboxylic acids is 2. The Hall–Kier alpha value is -3.49. The van der Waals surface area contributed by atoms with E-state index in [1.165, 1.54) is 6.92 Å². The van der Waals surface area contributed by atoms with Crippen LogP contribution in [0.1, 0.15) is 24.0 Å². The quantitative estimate of drug-likeness (QED) is 0.609. The first kappa shape index (κ1) is 21.7. The fraction of sp³-hybridized carbons (Fsp3) is 0.348. The second-order valence-electron chi connectivity index (χ2n) is 8.03. The van der Waals surface area contributed by atoms with E-state index in [1.807, 2.05) is 48.5 Å². The highest BCUT2D eigenvalue weighted by Crippen LogP contribution is 2.54. The molecule has 9 heteroatoms. The van der Waals surface area contributed by atoms with E-state index in [4.69, 9.17) is 9.84 Å². The van der Waals surface area contributed by atoms with Gasteiger partial charge >= 0.3 is 12.1 Å². The minimum absolute atomic E-state index is 0.0722. The van der Waals surface area contributed by atoms with Gasteiger partial charge in [-0.15, -0.1) is 0 Å². The van der Waals surface area contributed by atoms with Crippen LogP contribution in [0.25, 0.3) is 11.1 Å². The van der Waals surface area contributed by atoms with Gasteiger partial charge in [-0.25, -0.2) is 13.6 Å². The highest BCUT2D eigenvalue weighted by Gasteiger charge is 2.72. The molecule has 0 spiro atoms. The van der Waals surface area contributed by atoms with E-state index in [0.29, 0.717) is 0 Å². The summed E-state index contributed by atoms with van der Waals surface area (Å²) >= 11 is 0. The Balaban J connectivity index is 1.29. The lowest BCUT2D eigenvalue weighted by atomic mass is 9.98. The standard InChI is InChI=1S/C23H22F2N2O5/c1-12(20(28)26-10-18-19(21(29)30)23(18,24)25)27-22(31)32-11-17-15-8-4-2-6-13(15)14-7-3-5-9-16(14)17/h2-9,12,17-19H,10-11H2,1H3,(H,26,28)(H,27,31)(H,29,30)/t12-,18-,19-/m1/s1. The molecule has 0 radical (unpaired) electrons. The smallest absolute Gasteiger partial charge is 0.407 e. The molecule has 0 heterocycles. The van der Waals surface area contributed by atoms with Crippen molar-refractivity contribution < 1.29 is 33.0 Å². The maximum absolute atomic E-state index is 13.4. The Morgan fingerprint density at radius 1 is 1.06 bits per heavy atom. The number of rotatable bonds is 7. The number of ether oxygens (including phenoxy) is 1. The van der Waals surface area contributed by atoms with Crippen molar-refractivity contribution >= 4 is 18.0 Å². The Morgan fingerprint density at radius 3 is 2.16 bits per heavy atom. The summed E-state index contributed by atoms with van der Waals surface area (Å²) < 4.78 is 32.2. The summed E-state index contributed by atoms with van der Waals surface area (Å²) in [7, 11) is 0. The molecule has 0 saturated heterocycles. The fourth-order valence-electron chi connectivity index (χ4n) is 4.23. The fourth-order valence-corrected chi connectivity index (χ4v) is 4.23. The van der Waals surface area contributed by atoms with Crippen molar-refractivity contribution in [3.8, 4) is 11.1 Å². The van der Waals surface area contributed by atoms with Crippen LogP contribution in [0.15, 0.2) is 48.5 Å². The van der Waals surface area contributed by atoms with Crippen LogP contribution in [0.3, 0.4) is 0 Å². The first-order valence-corrected chi connectivity index (χ1v) is 10.2. The average molecular weight is 444 g/mol. The van der Waals surface area contributed by atoms with Crippen molar-refractivity contribution in [3.63, 3.8) is 0 Å². The van der Waals surface area contributed by atoms with Gasteiger partial charge < -0.3 is 20.5 Å². The SMILES string of the molecule is C[C@@H](NC(=O)OCC1c2ccccc2-c2ccccc21)C(=O)NC[C@@H]1[C@H](C(=O)O)C1(F)F. The van der Waals surface area contributed by atoms with Gasteiger partial charge in [-0.05, 0) is 29.2 Å². The second-order valence-corrected chi connectivity index (χ2v) is 8.03. The van der Waals surface area contributed by atoms with Crippen molar-refractivity contribution in [2.75, 3.05) is 13.2 Å². The summed E-state index contributed by atoms with van der Waals surface area (Å²) in [6.07, 6.45) is -0.810. The number of nitrogens with one attached hydrogen (secondary N) is 2. The number of alkyl halides is 2. The molecule has 32 heavy (non-hydrogen) atoms. The van der Waals surface area contributed by atoms with Gasteiger partial charge in [0.05, 0.1) is 5.92 Å². The molecule has 0 aliphatic heterocycles. The molecule has 3 N–H and O–H groups in total. The summed E-state index contributed by atoms with van der Waals surface area (Å²) in [5.41, 5.74) is 4.26. The second kappa shape index (κ2) is 8.22. The van der Waals surface area contributed by atoms with Gasteiger partial charge in [0.1, 0.15) is 18.6 Å². The minimum atomic E-state index is -3.34. The number of aliphatic carboxylic acids is 1. The lowest BCUT2D eigenvalue weighted by Crippen LogP contribution is -2.46. The summed E-state index contributed by atoms with van der Waals surface area (Å²) in [6, 6.07) is 14.7. The van der Waals surface area contributed by atoms with Crippen LogP contribution in [-0.2, 0) is 14.3 Å². The number of carboxylic acids is 1. The first-order chi connectivity index (χ1) is 15.2. The molecule has 2 aliphatic carbocycles. The summed E-state index contributed by atoms with van der Waals surface area (Å²) in [5, 5.41) is 13.4. The Bertz CT molecular complexity index is 1030. The van der Waals surface area contributed by atoms with Crippen molar-refractivity contribution in [2.45, 2.75) is 24.8 Å². The van der Waals surface area contributed by atoms with E-state index >= 15 is 0 Å². The lowest BCUT2D eigenvalue weighted by Gasteiger charge is -2.17. The monoisotopic (exact) mass is 444 g/mol. The van der Waals surface area contributed by atoms with Crippen LogP contribution in [0.4, 0.5) is 13.6 Å². The molecule has 3 atom stereocenters. The molecule has 168 valence electrons. The first-order valence-electron chi connectivity index (χ1n) is 10.2. The number of carboxylic acid groups (broad SMARTS) is 1. The molecule has 1 fully saturated rings. The van der Waals surface area contributed by atoms with E-state index in [9.17, 15) is 23.2 Å². The van der Waals surface area contributed by atoms with Gasteiger partial charge in [-0.2, -0.15) is 0 Å². The average Bonchev–Trinajstić information content (AvgIpc) is 3.17. The molecule has 2 aromatic carbocycles. The number of hydrogen-bond acceptors (Lipinski definition) is 4. The predicted molar refractivity (Wildman–Crippen MR) is 110 cm³/mol. The molecule has 2 aliphatic rings. The van der Waals surface area contributed by atoms with E-state index in [0.717, 1.165) is 22.3 Å². The van der Waals surface area contributed by atoms with Crippen LogP contribution in [0.2, 0.25) is 0 Å². The van der Waals surface area contributed by atoms with E-state index in [2.05, 4.69) is 10.6 Å². The molecular weight excluding hydrogens is 422 g/mol. The normalized spacial score (nSPS) is 21.1. The third kappa shape index (κ3) is 3.90. The predicted octanol–water partition coefficient (Wildman–Crippen LogP) is 3.00. The van der Waals surface area contributed by atoms with Crippen LogP contribution in [-0.4, -0.2) is 48.2 Å². The Morgan fingerprint density at radius 2 is 1.62 bits per heavy atom. The Labute approximate surface area is 182 Å². The van der Waals surface area contributed by atoms with Gasteiger partial charge in [-0.1, -0.05) is 48.5 Å². The van der Waals surface area contributed by atoms with Crippen LogP contribution < -0.4 is 10.6 Å². The molecule has 0 unspecified atom stereocenters. The molecule has 2 amide bonds. The van der Waals surface area contributed by atoms with Crippen molar-refractivity contribution in [3.05, 3.63) is 59.7 Å². The molecule has 7 nitrogen and oxygen atoms in total. The topological polar surface area (TPSA) is 105 Å². The van der Waals surface area contributed by atoms with E-state index in [1.54, 1.807) is 0 Å². The zero-order valence-corrected chi connectivity index (χ0v) is 17.2. The molecule has 0 aromatic heterocycles. The van der Waals surface area contributed by atoms with Gasteiger partial charge in [0.2, 0.25) is 5.91 Å². The van der Waals surface area contributed by atoms with E-state index in [-0.39, 0.29) is 12.5 Å². The maximum Gasteiger partial charge on any atom is 0.407 e. The largest absolute Gasteiger partial charge is 0.481 e. The molecule has 1 saturated carbocycles. The van der Waals surface area contributed by atoms with Crippen LogP contribution in [0.5, 0.6) is 0 Å². The summed E-state index contributed by atoms with van der Waals surface area (Å²) in [4.78, 5) is 35.1. The number of benzene rings is 2. The number of fused-ring (bicyclic) bond motifs is 3. The summed E-state index contributed by atoms with van der Waals surface area (Å²) in [5.74, 6) is -9.03.